The van der Waals surface area contributed by atoms with Crippen molar-refractivity contribution in [1.82, 2.24) is 4.90 Å². The first kappa shape index (κ1) is 24.1. The predicted octanol–water partition coefficient (Wildman–Crippen LogP) is 5.32. The Morgan fingerprint density at radius 1 is 1.14 bits per heavy atom. The summed E-state index contributed by atoms with van der Waals surface area (Å²) in [6.45, 7) is 10.4. The predicted molar refractivity (Wildman–Crippen MR) is 113 cm³/mol. The van der Waals surface area contributed by atoms with Gasteiger partial charge in [-0.15, -0.1) is 11.6 Å². The Hall–Kier alpha value is -1.95. The molecule has 0 aromatic heterocycles. The van der Waals surface area contributed by atoms with Crippen molar-refractivity contribution in [2.45, 2.75) is 72.6 Å². The number of rotatable bonds is 6. The van der Waals surface area contributed by atoms with E-state index in [0.29, 0.717) is 36.8 Å². The summed E-state index contributed by atoms with van der Waals surface area (Å²) in [5, 5.41) is 2.89. The Bertz CT molecular complexity index is 671. The summed E-state index contributed by atoms with van der Waals surface area (Å²) in [4.78, 5) is 26.0. The number of anilines is 1. The number of benzene rings is 1. The van der Waals surface area contributed by atoms with Crippen LogP contribution in [-0.4, -0.2) is 35.5 Å². The summed E-state index contributed by atoms with van der Waals surface area (Å²) in [6, 6.07) is 3.74. The first-order valence-electron chi connectivity index (χ1n) is 9.77. The minimum atomic E-state index is -0.536. The quantitative estimate of drug-likeness (QED) is 0.507. The highest BCUT2D eigenvalue weighted by atomic mass is 35.5. The first-order valence-corrected chi connectivity index (χ1v) is 10.3. The van der Waals surface area contributed by atoms with Gasteiger partial charge in [-0.2, -0.15) is 0 Å². The smallest absolute Gasteiger partial charge is 0.410 e. The van der Waals surface area contributed by atoms with E-state index in [-0.39, 0.29) is 12.0 Å². The van der Waals surface area contributed by atoms with Crippen LogP contribution in [-0.2, 0) is 22.6 Å². The molecule has 1 aliphatic rings. The number of fused-ring (bicyclic) bond motifs is 1. The normalized spacial score (nSPS) is 12.6. The lowest BCUT2D eigenvalue weighted by atomic mass is 10.1. The number of carbonyl (C=O) groups excluding carboxylic acids is 2. The van der Waals surface area contributed by atoms with Crippen molar-refractivity contribution in [3.05, 3.63) is 23.3 Å². The van der Waals surface area contributed by atoms with Gasteiger partial charge >= 0.3 is 6.09 Å². The lowest BCUT2D eigenvalue weighted by Crippen LogP contribution is -2.33. The van der Waals surface area contributed by atoms with Gasteiger partial charge in [0.1, 0.15) is 11.4 Å². The molecule has 0 bridgehead atoms. The van der Waals surface area contributed by atoms with Crippen LogP contribution in [0.4, 0.5) is 10.5 Å². The molecule has 2 rings (SSSR count). The second kappa shape index (κ2) is 11.1. The van der Waals surface area contributed by atoms with Crippen LogP contribution in [0.5, 0.6) is 5.75 Å². The number of methoxy groups -OCH3 is 1. The molecule has 0 saturated heterocycles. The van der Waals surface area contributed by atoms with E-state index in [2.05, 4.69) is 5.32 Å². The van der Waals surface area contributed by atoms with E-state index in [1.54, 1.807) is 12.0 Å². The van der Waals surface area contributed by atoms with Crippen LogP contribution in [0.3, 0.4) is 0 Å². The third-order valence-electron chi connectivity index (χ3n) is 3.96. The number of nitrogens with one attached hydrogen (secondary N) is 1. The van der Waals surface area contributed by atoms with Crippen LogP contribution in [0, 0.1) is 0 Å². The van der Waals surface area contributed by atoms with Gasteiger partial charge in [-0.1, -0.05) is 13.8 Å². The second-order valence-corrected chi connectivity index (χ2v) is 7.73. The summed E-state index contributed by atoms with van der Waals surface area (Å²) in [5.41, 5.74) is 2.06. The molecule has 1 heterocycles. The van der Waals surface area contributed by atoms with Gasteiger partial charge in [0, 0.05) is 25.4 Å². The van der Waals surface area contributed by atoms with Crippen LogP contribution < -0.4 is 10.1 Å². The number of halogens is 1. The van der Waals surface area contributed by atoms with Crippen LogP contribution in [0.2, 0.25) is 0 Å². The van der Waals surface area contributed by atoms with Gasteiger partial charge in [0.25, 0.3) is 0 Å². The molecule has 158 valence electrons. The van der Waals surface area contributed by atoms with Crippen molar-refractivity contribution >= 4 is 29.3 Å². The zero-order valence-electron chi connectivity index (χ0n) is 17.9. The monoisotopic (exact) mass is 412 g/mol. The maximum absolute atomic E-state index is 12.3. The molecule has 1 aliphatic heterocycles. The third kappa shape index (κ3) is 7.23. The number of amides is 2. The van der Waals surface area contributed by atoms with Crippen molar-refractivity contribution in [2.24, 2.45) is 0 Å². The molecule has 7 heteroatoms. The standard InChI is InChI=1S/C19H27ClN2O4.C2H6/c1-19(2,3)26-18(24)22-11-13-9-15(16(25-4)10-14(13)12-22)21-17(23)7-5-6-8-20;1-2/h9-10H,5-8,11-12H2,1-4H3,(H,21,23);1-2H3. The molecule has 28 heavy (non-hydrogen) atoms. The zero-order chi connectivity index (χ0) is 21.3. The summed E-state index contributed by atoms with van der Waals surface area (Å²) in [7, 11) is 1.56. The van der Waals surface area contributed by atoms with E-state index in [1.165, 1.54) is 0 Å². The molecule has 0 atom stereocenters. The molecule has 1 aromatic rings. The Kier molecular flexibility index (Phi) is 9.59. The molecular weight excluding hydrogens is 380 g/mol. The van der Waals surface area contributed by atoms with Crippen molar-refractivity contribution in [2.75, 3.05) is 18.3 Å². The fourth-order valence-electron chi connectivity index (χ4n) is 2.74. The van der Waals surface area contributed by atoms with Gasteiger partial charge in [0.05, 0.1) is 12.8 Å². The van der Waals surface area contributed by atoms with Crippen LogP contribution in [0.25, 0.3) is 0 Å². The van der Waals surface area contributed by atoms with Crippen LogP contribution >= 0.6 is 11.6 Å². The van der Waals surface area contributed by atoms with Gasteiger partial charge in [-0.05, 0) is 56.9 Å². The Balaban J connectivity index is 0.00000190. The molecular formula is C21H33ClN2O4. The summed E-state index contributed by atoms with van der Waals surface area (Å²) in [5.74, 6) is 1.06. The summed E-state index contributed by atoms with van der Waals surface area (Å²) < 4.78 is 10.8. The van der Waals surface area contributed by atoms with Gasteiger partial charge in [0.15, 0.2) is 0 Å². The van der Waals surface area contributed by atoms with Crippen molar-refractivity contribution in [3.8, 4) is 5.75 Å². The number of nitrogens with zero attached hydrogens (tertiary/aromatic N) is 1. The van der Waals surface area contributed by atoms with E-state index in [4.69, 9.17) is 21.1 Å². The SMILES string of the molecule is CC.COc1cc2c(cc1NC(=O)CCCCCl)CN(C(=O)OC(C)(C)C)C2. The van der Waals surface area contributed by atoms with Crippen molar-refractivity contribution in [1.29, 1.82) is 0 Å². The van der Waals surface area contributed by atoms with E-state index in [0.717, 1.165) is 24.0 Å². The molecule has 2 amide bonds. The molecule has 0 saturated carbocycles. The Morgan fingerprint density at radius 3 is 2.29 bits per heavy atom. The molecule has 0 spiro atoms. The fourth-order valence-corrected chi connectivity index (χ4v) is 2.93. The molecule has 1 N–H and O–H groups in total. The highest BCUT2D eigenvalue weighted by Crippen LogP contribution is 2.34. The average molecular weight is 413 g/mol. The van der Waals surface area contributed by atoms with E-state index in [9.17, 15) is 9.59 Å². The molecule has 0 fully saturated rings. The first-order chi connectivity index (χ1) is 13.2. The number of alkyl halides is 1. The number of hydrogen-bond donors (Lipinski definition) is 1. The van der Waals surface area contributed by atoms with Gasteiger partial charge in [-0.3, -0.25) is 9.69 Å². The lowest BCUT2D eigenvalue weighted by Gasteiger charge is -2.24. The zero-order valence-corrected chi connectivity index (χ0v) is 18.6. The number of hydrogen-bond acceptors (Lipinski definition) is 4. The maximum atomic E-state index is 12.3. The number of unbranched alkanes of at least 4 members (excludes halogenated alkanes) is 1. The summed E-state index contributed by atoms with van der Waals surface area (Å²) >= 11 is 5.64. The van der Waals surface area contributed by atoms with Crippen LogP contribution in [0.15, 0.2) is 12.1 Å². The average Bonchev–Trinajstić information content (AvgIpc) is 3.04. The summed E-state index contributed by atoms with van der Waals surface area (Å²) in [6.07, 6.45) is 1.62. The number of carbonyl (C=O) groups is 2. The van der Waals surface area contributed by atoms with Crippen LogP contribution in [0.1, 0.15) is 65.0 Å². The molecule has 0 unspecified atom stereocenters. The molecule has 0 radical (unpaired) electrons. The molecule has 6 nitrogen and oxygen atoms in total. The number of ether oxygens (including phenoxy) is 2. The Labute approximate surface area is 173 Å². The Morgan fingerprint density at radius 2 is 1.75 bits per heavy atom. The van der Waals surface area contributed by atoms with Gasteiger partial charge in [0.2, 0.25) is 5.91 Å². The fraction of sp³-hybridized carbons (Fsp3) is 0.619. The lowest BCUT2D eigenvalue weighted by molar-refractivity contribution is -0.116. The second-order valence-electron chi connectivity index (χ2n) is 7.35. The third-order valence-corrected chi connectivity index (χ3v) is 4.22. The largest absolute Gasteiger partial charge is 0.495 e. The molecule has 0 aliphatic carbocycles. The topological polar surface area (TPSA) is 67.9 Å². The van der Waals surface area contributed by atoms with Gasteiger partial charge < -0.3 is 14.8 Å². The van der Waals surface area contributed by atoms with Crippen molar-refractivity contribution in [3.63, 3.8) is 0 Å². The highest BCUT2D eigenvalue weighted by Gasteiger charge is 2.29. The van der Waals surface area contributed by atoms with Crippen molar-refractivity contribution < 1.29 is 19.1 Å². The van der Waals surface area contributed by atoms with E-state index < -0.39 is 5.60 Å². The maximum Gasteiger partial charge on any atom is 0.410 e. The minimum absolute atomic E-state index is 0.0737. The van der Waals surface area contributed by atoms with Gasteiger partial charge in [-0.25, -0.2) is 4.79 Å². The molecule has 1 aromatic carbocycles. The van der Waals surface area contributed by atoms with E-state index >= 15 is 0 Å². The minimum Gasteiger partial charge on any atom is -0.495 e. The highest BCUT2D eigenvalue weighted by molar-refractivity contribution is 6.17. The van der Waals surface area contributed by atoms with E-state index in [1.807, 2.05) is 46.8 Å².